The van der Waals surface area contributed by atoms with Gasteiger partial charge in [0.2, 0.25) is 0 Å². The van der Waals surface area contributed by atoms with E-state index >= 15 is 0 Å². The largest absolute Gasteiger partial charge is 0.393 e. The van der Waals surface area contributed by atoms with Crippen LogP contribution in [-0.2, 0) is 0 Å². The lowest BCUT2D eigenvalue weighted by molar-refractivity contribution is 0.0210. The third kappa shape index (κ3) is 3.53. The Bertz CT molecular complexity index is 335. The van der Waals surface area contributed by atoms with Gasteiger partial charge in [0.1, 0.15) is 0 Å². The number of aliphatic hydroxyl groups excluding tert-OH is 2. The van der Waals surface area contributed by atoms with Crippen LogP contribution in [0.3, 0.4) is 0 Å². The molecule has 1 fully saturated rings. The van der Waals surface area contributed by atoms with Gasteiger partial charge >= 0.3 is 0 Å². The second-order valence-corrected chi connectivity index (χ2v) is 5.14. The van der Waals surface area contributed by atoms with E-state index in [1.54, 1.807) is 0 Å². The maximum atomic E-state index is 10.1. The van der Waals surface area contributed by atoms with E-state index in [4.69, 9.17) is 0 Å². The summed E-state index contributed by atoms with van der Waals surface area (Å²) in [6.45, 7) is 1.61. The van der Waals surface area contributed by atoms with Gasteiger partial charge < -0.3 is 15.1 Å². The minimum absolute atomic E-state index is 0.0903. The molecular formula is C14H21NO2. The van der Waals surface area contributed by atoms with Gasteiger partial charge in [-0.15, -0.1) is 0 Å². The van der Waals surface area contributed by atoms with E-state index in [9.17, 15) is 10.2 Å². The van der Waals surface area contributed by atoms with Crippen molar-refractivity contribution in [3.05, 3.63) is 35.9 Å². The van der Waals surface area contributed by atoms with Crippen molar-refractivity contribution in [1.29, 1.82) is 0 Å². The van der Waals surface area contributed by atoms with Crippen LogP contribution in [0.2, 0.25) is 0 Å². The molecule has 94 valence electrons. The number of hydrogen-bond donors (Lipinski definition) is 2. The van der Waals surface area contributed by atoms with Crippen LogP contribution in [0.5, 0.6) is 0 Å². The molecule has 0 radical (unpaired) electrons. The quantitative estimate of drug-likeness (QED) is 0.811. The van der Waals surface area contributed by atoms with Crippen LogP contribution in [0.4, 0.5) is 0 Å². The highest BCUT2D eigenvalue weighted by molar-refractivity contribution is 5.17. The van der Waals surface area contributed by atoms with Gasteiger partial charge in [0, 0.05) is 13.1 Å². The topological polar surface area (TPSA) is 43.7 Å². The Morgan fingerprint density at radius 1 is 1.29 bits per heavy atom. The summed E-state index contributed by atoms with van der Waals surface area (Å²) >= 11 is 0. The molecular weight excluding hydrogens is 214 g/mol. The lowest BCUT2D eigenvalue weighted by Gasteiger charge is -2.35. The summed E-state index contributed by atoms with van der Waals surface area (Å²) in [4.78, 5) is 2.15. The monoisotopic (exact) mass is 235 g/mol. The molecule has 0 aliphatic heterocycles. The first-order valence-electron chi connectivity index (χ1n) is 6.24. The smallest absolute Gasteiger partial charge is 0.0916 e. The Kier molecular flexibility index (Phi) is 4.15. The van der Waals surface area contributed by atoms with Crippen molar-refractivity contribution in [1.82, 2.24) is 4.90 Å². The highest BCUT2D eigenvalue weighted by atomic mass is 16.3. The molecule has 3 heteroatoms. The average molecular weight is 235 g/mol. The molecule has 1 saturated carbocycles. The van der Waals surface area contributed by atoms with Gasteiger partial charge in [-0.25, -0.2) is 0 Å². The lowest BCUT2D eigenvalue weighted by Crippen LogP contribution is -2.38. The van der Waals surface area contributed by atoms with Crippen molar-refractivity contribution >= 4 is 0 Å². The second-order valence-electron chi connectivity index (χ2n) is 5.14. The summed E-state index contributed by atoms with van der Waals surface area (Å²) < 4.78 is 0. The molecule has 2 N–H and O–H groups in total. The van der Waals surface area contributed by atoms with Crippen LogP contribution in [0.15, 0.2) is 30.3 Å². The van der Waals surface area contributed by atoms with Crippen LogP contribution in [0.25, 0.3) is 0 Å². The standard InChI is InChI=1S/C14H21NO2/c1-15(9-11-7-13(16)8-11)10-14(17)12-5-3-2-4-6-12/h2-6,11,13-14,16-17H,7-10H2,1H3. The second kappa shape index (κ2) is 5.63. The Balaban J connectivity index is 1.76. The molecule has 1 aliphatic rings. The third-order valence-corrected chi connectivity index (χ3v) is 3.45. The van der Waals surface area contributed by atoms with Crippen LogP contribution in [-0.4, -0.2) is 41.4 Å². The maximum Gasteiger partial charge on any atom is 0.0916 e. The number of likely N-dealkylation sites (N-methyl/N-ethyl adjacent to an activating group) is 1. The van der Waals surface area contributed by atoms with Crippen molar-refractivity contribution in [3.8, 4) is 0 Å². The number of aliphatic hydroxyl groups is 2. The summed E-state index contributed by atoms with van der Waals surface area (Å²) in [6, 6.07) is 9.74. The number of benzene rings is 1. The first kappa shape index (κ1) is 12.6. The van der Waals surface area contributed by atoms with E-state index in [0.29, 0.717) is 12.5 Å². The fourth-order valence-electron chi connectivity index (χ4n) is 2.44. The van der Waals surface area contributed by atoms with E-state index in [1.807, 2.05) is 37.4 Å². The first-order chi connectivity index (χ1) is 8.15. The van der Waals surface area contributed by atoms with Gasteiger partial charge in [0.05, 0.1) is 12.2 Å². The zero-order valence-corrected chi connectivity index (χ0v) is 10.3. The van der Waals surface area contributed by atoms with Crippen molar-refractivity contribution < 1.29 is 10.2 Å². The van der Waals surface area contributed by atoms with Crippen LogP contribution < -0.4 is 0 Å². The third-order valence-electron chi connectivity index (χ3n) is 3.45. The zero-order chi connectivity index (χ0) is 12.3. The predicted octanol–water partition coefficient (Wildman–Crippen LogP) is 1.42. The molecule has 0 amide bonds. The molecule has 0 heterocycles. The number of nitrogens with zero attached hydrogens (tertiary/aromatic N) is 1. The van der Waals surface area contributed by atoms with E-state index in [2.05, 4.69) is 4.90 Å². The van der Waals surface area contributed by atoms with Gasteiger partial charge in [0.25, 0.3) is 0 Å². The van der Waals surface area contributed by atoms with Crippen molar-refractivity contribution in [3.63, 3.8) is 0 Å². The molecule has 2 rings (SSSR count). The number of hydrogen-bond acceptors (Lipinski definition) is 3. The summed E-state index contributed by atoms with van der Waals surface area (Å²) in [5.74, 6) is 0.595. The van der Waals surface area contributed by atoms with Crippen molar-refractivity contribution in [2.75, 3.05) is 20.1 Å². The van der Waals surface area contributed by atoms with Gasteiger partial charge in [0.15, 0.2) is 0 Å². The molecule has 0 bridgehead atoms. The van der Waals surface area contributed by atoms with Crippen LogP contribution in [0.1, 0.15) is 24.5 Å². The Hall–Kier alpha value is -0.900. The van der Waals surface area contributed by atoms with Crippen LogP contribution >= 0.6 is 0 Å². The van der Waals surface area contributed by atoms with Crippen molar-refractivity contribution in [2.24, 2.45) is 5.92 Å². The fourth-order valence-corrected chi connectivity index (χ4v) is 2.44. The molecule has 3 nitrogen and oxygen atoms in total. The summed E-state index contributed by atoms with van der Waals surface area (Å²) in [5.41, 5.74) is 0.966. The molecule has 0 spiro atoms. The average Bonchev–Trinajstić information content (AvgIpc) is 2.28. The molecule has 0 aromatic heterocycles. The maximum absolute atomic E-state index is 10.1. The molecule has 1 atom stereocenters. The minimum Gasteiger partial charge on any atom is -0.393 e. The minimum atomic E-state index is -0.425. The highest BCUT2D eigenvalue weighted by Crippen LogP contribution is 2.28. The summed E-state index contributed by atoms with van der Waals surface area (Å²) in [7, 11) is 2.02. The first-order valence-corrected chi connectivity index (χ1v) is 6.24. The van der Waals surface area contributed by atoms with E-state index in [-0.39, 0.29) is 6.10 Å². The van der Waals surface area contributed by atoms with E-state index in [0.717, 1.165) is 24.9 Å². The lowest BCUT2D eigenvalue weighted by atomic mass is 9.82. The zero-order valence-electron chi connectivity index (χ0n) is 10.3. The molecule has 0 saturated heterocycles. The molecule has 1 unspecified atom stereocenters. The SMILES string of the molecule is CN(CC1CC(O)C1)CC(O)c1ccccc1. The Morgan fingerprint density at radius 3 is 2.53 bits per heavy atom. The molecule has 1 aromatic rings. The van der Waals surface area contributed by atoms with Gasteiger partial charge in [-0.05, 0) is 31.4 Å². The number of rotatable bonds is 5. The fraction of sp³-hybridized carbons (Fsp3) is 0.571. The normalized spacial score (nSPS) is 25.6. The molecule has 1 aliphatic carbocycles. The summed E-state index contributed by atoms with van der Waals surface area (Å²) in [5, 5.41) is 19.3. The summed E-state index contributed by atoms with van der Waals surface area (Å²) in [6.07, 6.45) is 1.30. The predicted molar refractivity (Wildman–Crippen MR) is 67.6 cm³/mol. The molecule has 17 heavy (non-hydrogen) atoms. The van der Waals surface area contributed by atoms with Gasteiger partial charge in [-0.1, -0.05) is 30.3 Å². The van der Waals surface area contributed by atoms with Gasteiger partial charge in [-0.3, -0.25) is 0 Å². The Labute approximate surface area is 103 Å². The van der Waals surface area contributed by atoms with Crippen LogP contribution in [0, 0.1) is 5.92 Å². The van der Waals surface area contributed by atoms with E-state index in [1.165, 1.54) is 0 Å². The van der Waals surface area contributed by atoms with Crippen molar-refractivity contribution in [2.45, 2.75) is 25.0 Å². The highest BCUT2D eigenvalue weighted by Gasteiger charge is 2.28. The van der Waals surface area contributed by atoms with Gasteiger partial charge in [-0.2, -0.15) is 0 Å². The Morgan fingerprint density at radius 2 is 1.94 bits per heavy atom. The molecule has 1 aromatic carbocycles. The van der Waals surface area contributed by atoms with E-state index < -0.39 is 6.10 Å².